The molecule has 1 fully saturated rings. The van der Waals surface area contributed by atoms with Crippen LogP contribution >= 0.6 is 11.6 Å². The van der Waals surface area contributed by atoms with Crippen LogP contribution in [0.3, 0.4) is 0 Å². The number of nitrogens with zero attached hydrogens (tertiary/aromatic N) is 1. The van der Waals surface area contributed by atoms with Crippen LogP contribution in [0.1, 0.15) is 19.4 Å². The van der Waals surface area contributed by atoms with E-state index in [4.69, 9.17) is 11.6 Å². The monoisotopic (exact) mass is 268 g/mol. The Balaban J connectivity index is 2.32. The van der Waals surface area contributed by atoms with Gasteiger partial charge in [0, 0.05) is 36.4 Å². The lowest BCUT2D eigenvalue weighted by atomic mass is 10.1. The van der Waals surface area contributed by atoms with Crippen LogP contribution in [-0.2, 0) is 0 Å². The third-order valence-corrected chi connectivity index (χ3v) is 3.85. The van der Waals surface area contributed by atoms with Crippen molar-refractivity contribution in [2.45, 2.75) is 32.4 Å². The summed E-state index contributed by atoms with van der Waals surface area (Å²) in [5.41, 5.74) is 1.46. The van der Waals surface area contributed by atoms with E-state index in [-0.39, 0.29) is 0 Å². The van der Waals surface area contributed by atoms with Gasteiger partial charge in [-0.3, -0.25) is 0 Å². The zero-order chi connectivity index (χ0) is 13.3. The molecule has 1 saturated heterocycles. The number of halogens is 1. The number of aliphatic hydroxyl groups is 1. The van der Waals surface area contributed by atoms with E-state index >= 15 is 0 Å². The van der Waals surface area contributed by atoms with Gasteiger partial charge >= 0.3 is 0 Å². The van der Waals surface area contributed by atoms with Crippen LogP contribution in [-0.4, -0.2) is 36.4 Å². The van der Waals surface area contributed by atoms with Crippen molar-refractivity contribution >= 4 is 17.3 Å². The topological polar surface area (TPSA) is 35.5 Å². The highest BCUT2D eigenvalue weighted by Crippen LogP contribution is 2.28. The Labute approximate surface area is 114 Å². The highest BCUT2D eigenvalue weighted by molar-refractivity contribution is 6.31. The smallest absolute Gasteiger partial charge is 0.0917 e. The first kappa shape index (κ1) is 13.7. The fourth-order valence-electron chi connectivity index (χ4n) is 2.44. The molecule has 1 aromatic rings. The minimum atomic E-state index is -0.723. The second kappa shape index (κ2) is 5.08. The number of β-amino-alcohol motifs (C(OH)–C–C–N with tert-alkyl or cyclic N) is 1. The lowest BCUT2D eigenvalue weighted by Crippen LogP contribution is -2.43. The largest absolute Gasteiger partial charge is 0.387 e. The van der Waals surface area contributed by atoms with Crippen molar-refractivity contribution in [3.63, 3.8) is 0 Å². The Morgan fingerprint density at radius 3 is 2.94 bits per heavy atom. The molecule has 18 heavy (non-hydrogen) atoms. The molecule has 100 valence electrons. The lowest BCUT2D eigenvalue weighted by molar-refractivity contribution is 0.0718. The van der Waals surface area contributed by atoms with Crippen molar-refractivity contribution in [1.82, 2.24) is 5.32 Å². The van der Waals surface area contributed by atoms with Crippen LogP contribution in [0, 0.1) is 6.92 Å². The van der Waals surface area contributed by atoms with Gasteiger partial charge in [-0.1, -0.05) is 17.7 Å². The first-order valence-electron chi connectivity index (χ1n) is 6.35. The highest BCUT2D eigenvalue weighted by Gasteiger charge is 2.29. The maximum atomic E-state index is 10.3. The zero-order valence-electron chi connectivity index (χ0n) is 11.2. The summed E-state index contributed by atoms with van der Waals surface area (Å²) in [4.78, 5) is 2.21. The summed E-state index contributed by atoms with van der Waals surface area (Å²) < 4.78 is 0. The number of hydrogen-bond acceptors (Lipinski definition) is 3. The average molecular weight is 269 g/mol. The maximum Gasteiger partial charge on any atom is 0.0917 e. The van der Waals surface area contributed by atoms with Crippen molar-refractivity contribution in [3.8, 4) is 0 Å². The first-order valence-corrected chi connectivity index (χ1v) is 6.73. The standard InChI is InChI=1S/C14H21ClN2O/c1-10-7-17(9-14(3,18)8-16-10)13-6-4-5-12(15)11(13)2/h4-6,10,16,18H,7-9H2,1-3H3. The quantitative estimate of drug-likeness (QED) is 0.820. The summed E-state index contributed by atoms with van der Waals surface area (Å²) in [6.07, 6.45) is 0. The number of anilines is 1. The highest BCUT2D eigenvalue weighted by atomic mass is 35.5. The Morgan fingerprint density at radius 2 is 2.22 bits per heavy atom. The summed E-state index contributed by atoms with van der Waals surface area (Å²) in [5.74, 6) is 0. The summed E-state index contributed by atoms with van der Waals surface area (Å²) >= 11 is 6.18. The van der Waals surface area contributed by atoms with Gasteiger partial charge in [0.15, 0.2) is 0 Å². The second-order valence-corrected chi connectivity index (χ2v) is 5.95. The molecule has 0 aromatic heterocycles. The molecule has 1 heterocycles. The minimum Gasteiger partial charge on any atom is -0.387 e. The van der Waals surface area contributed by atoms with Crippen LogP contribution in [0.2, 0.25) is 5.02 Å². The second-order valence-electron chi connectivity index (χ2n) is 5.54. The predicted octanol–water partition coefficient (Wildman–Crippen LogP) is 2.20. The van der Waals surface area contributed by atoms with E-state index in [9.17, 15) is 5.11 Å². The summed E-state index contributed by atoms with van der Waals surface area (Å²) in [5, 5.41) is 14.4. The van der Waals surface area contributed by atoms with E-state index < -0.39 is 5.60 Å². The summed E-state index contributed by atoms with van der Waals surface area (Å²) in [6.45, 7) is 8.13. The molecule has 1 aromatic carbocycles. The molecule has 2 rings (SSSR count). The molecule has 2 unspecified atom stereocenters. The van der Waals surface area contributed by atoms with Crippen molar-refractivity contribution in [2.24, 2.45) is 0 Å². The van der Waals surface area contributed by atoms with Crippen LogP contribution in [0.5, 0.6) is 0 Å². The zero-order valence-corrected chi connectivity index (χ0v) is 12.0. The van der Waals surface area contributed by atoms with Gasteiger partial charge in [0.25, 0.3) is 0 Å². The van der Waals surface area contributed by atoms with E-state index in [1.165, 1.54) is 0 Å². The van der Waals surface area contributed by atoms with Crippen LogP contribution < -0.4 is 10.2 Å². The number of hydrogen-bond donors (Lipinski definition) is 2. The first-order chi connectivity index (χ1) is 8.39. The van der Waals surface area contributed by atoms with E-state index in [0.717, 1.165) is 22.8 Å². The minimum absolute atomic E-state index is 0.345. The molecule has 1 aliphatic heterocycles. The predicted molar refractivity (Wildman–Crippen MR) is 76.5 cm³/mol. The molecule has 0 spiro atoms. The number of rotatable bonds is 1. The number of benzene rings is 1. The van der Waals surface area contributed by atoms with Gasteiger partial charge in [-0.15, -0.1) is 0 Å². The van der Waals surface area contributed by atoms with Gasteiger partial charge in [0.1, 0.15) is 0 Å². The van der Waals surface area contributed by atoms with Gasteiger partial charge in [-0.2, -0.15) is 0 Å². The van der Waals surface area contributed by atoms with Crippen LogP contribution in [0.4, 0.5) is 5.69 Å². The molecular formula is C14H21ClN2O. The summed E-state index contributed by atoms with van der Waals surface area (Å²) in [6, 6.07) is 6.27. The van der Waals surface area contributed by atoms with Gasteiger partial charge < -0.3 is 15.3 Å². The van der Waals surface area contributed by atoms with Crippen molar-refractivity contribution < 1.29 is 5.11 Å². The normalized spacial score (nSPS) is 29.2. The van der Waals surface area contributed by atoms with Gasteiger partial charge in [0.2, 0.25) is 0 Å². The van der Waals surface area contributed by atoms with Gasteiger partial charge in [-0.05, 0) is 38.5 Å². The van der Waals surface area contributed by atoms with E-state index in [2.05, 4.69) is 23.2 Å². The Bertz CT molecular complexity index is 434. The molecule has 0 radical (unpaired) electrons. The SMILES string of the molecule is Cc1c(Cl)cccc1N1CC(C)NCC(C)(O)C1. The molecule has 0 amide bonds. The third kappa shape index (κ3) is 2.97. The van der Waals surface area contributed by atoms with Crippen LogP contribution in [0.15, 0.2) is 18.2 Å². The van der Waals surface area contributed by atoms with E-state index in [1.807, 2.05) is 26.0 Å². The molecule has 1 aliphatic rings. The molecule has 2 atom stereocenters. The van der Waals surface area contributed by atoms with E-state index in [1.54, 1.807) is 0 Å². The molecule has 3 nitrogen and oxygen atoms in total. The maximum absolute atomic E-state index is 10.3. The molecule has 4 heteroatoms. The van der Waals surface area contributed by atoms with Crippen LogP contribution in [0.25, 0.3) is 0 Å². The van der Waals surface area contributed by atoms with Gasteiger partial charge in [0.05, 0.1) is 5.60 Å². The molecular weight excluding hydrogens is 248 g/mol. The Kier molecular flexibility index (Phi) is 3.85. The molecule has 0 bridgehead atoms. The number of nitrogens with one attached hydrogen (secondary N) is 1. The molecule has 0 aliphatic carbocycles. The van der Waals surface area contributed by atoms with E-state index in [0.29, 0.717) is 19.1 Å². The van der Waals surface area contributed by atoms with Crippen molar-refractivity contribution in [1.29, 1.82) is 0 Å². The fourth-order valence-corrected chi connectivity index (χ4v) is 2.61. The summed E-state index contributed by atoms with van der Waals surface area (Å²) in [7, 11) is 0. The van der Waals surface area contributed by atoms with Crippen molar-refractivity contribution in [2.75, 3.05) is 24.5 Å². The Hall–Kier alpha value is -0.770. The van der Waals surface area contributed by atoms with Crippen molar-refractivity contribution in [3.05, 3.63) is 28.8 Å². The lowest BCUT2D eigenvalue weighted by Gasteiger charge is -2.31. The van der Waals surface area contributed by atoms with Gasteiger partial charge in [-0.25, -0.2) is 0 Å². The fraction of sp³-hybridized carbons (Fsp3) is 0.571. The molecule has 2 N–H and O–H groups in total. The third-order valence-electron chi connectivity index (χ3n) is 3.44. The Morgan fingerprint density at radius 1 is 1.50 bits per heavy atom. The molecule has 0 saturated carbocycles. The average Bonchev–Trinajstić information content (AvgIpc) is 2.42.